The Bertz CT molecular complexity index is 569. The van der Waals surface area contributed by atoms with Gasteiger partial charge in [-0.15, -0.1) is 0 Å². The molecule has 19 heavy (non-hydrogen) atoms. The van der Waals surface area contributed by atoms with E-state index in [2.05, 4.69) is 61.3 Å². The van der Waals surface area contributed by atoms with Gasteiger partial charge < -0.3 is 4.90 Å². The van der Waals surface area contributed by atoms with Gasteiger partial charge in [0, 0.05) is 18.4 Å². The van der Waals surface area contributed by atoms with Gasteiger partial charge >= 0.3 is 0 Å². The molecule has 0 atom stereocenters. The Hall–Kier alpha value is -1.76. The molecular weight excluding hydrogens is 230 g/mol. The van der Waals surface area contributed by atoms with Crippen molar-refractivity contribution < 1.29 is 0 Å². The van der Waals surface area contributed by atoms with Gasteiger partial charge in [0.15, 0.2) is 0 Å². The molecule has 1 aliphatic rings. The van der Waals surface area contributed by atoms with E-state index in [1.807, 2.05) is 0 Å². The fraction of sp³-hybridized carbons (Fsp3) is 0.333. The predicted octanol–water partition coefficient (Wildman–Crippen LogP) is 4.64. The van der Waals surface area contributed by atoms with Gasteiger partial charge in [-0.2, -0.15) is 0 Å². The van der Waals surface area contributed by atoms with Crippen LogP contribution in [0.4, 0.5) is 11.4 Å². The quantitative estimate of drug-likeness (QED) is 0.751. The Labute approximate surface area is 115 Å². The van der Waals surface area contributed by atoms with Gasteiger partial charge in [0.25, 0.3) is 0 Å². The van der Waals surface area contributed by atoms with Crippen LogP contribution in [0.25, 0.3) is 0 Å². The van der Waals surface area contributed by atoms with Gasteiger partial charge in [-0.25, -0.2) is 0 Å². The first-order chi connectivity index (χ1) is 9.24. The summed E-state index contributed by atoms with van der Waals surface area (Å²) in [6, 6.07) is 15.7. The molecule has 0 amide bonds. The fourth-order valence-electron chi connectivity index (χ4n) is 2.85. The number of hydrogen-bond donors (Lipinski definition) is 0. The third-order valence-electron chi connectivity index (χ3n) is 4.14. The first-order valence-corrected chi connectivity index (χ1v) is 7.16. The lowest BCUT2D eigenvalue weighted by molar-refractivity contribution is 0.685. The molecule has 0 aliphatic heterocycles. The van der Waals surface area contributed by atoms with Gasteiger partial charge in [-0.05, 0) is 68.0 Å². The highest BCUT2D eigenvalue weighted by atomic mass is 15.1. The summed E-state index contributed by atoms with van der Waals surface area (Å²) in [7, 11) is 2.15. The first-order valence-electron chi connectivity index (χ1n) is 7.16. The summed E-state index contributed by atoms with van der Waals surface area (Å²) in [5.41, 5.74) is 6.95. The van der Waals surface area contributed by atoms with Crippen LogP contribution in [0.2, 0.25) is 0 Å². The van der Waals surface area contributed by atoms with E-state index in [0.717, 1.165) is 0 Å². The van der Waals surface area contributed by atoms with Crippen molar-refractivity contribution in [3.63, 3.8) is 0 Å². The summed E-state index contributed by atoms with van der Waals surface area (Å²) in [6.45, 7) is 2.13. The van der Waals surface area contributed by atoms with Crippen LogP contribution in [-0.2, 0) is 12.8 Å². The van der Waals surface area contributed by atoms with E-state index in [1.54, 1.807) is 11.1 Å². The minimum Gasteiger partial charge on any atom is -0.345 e. The number of aryl methyl sites for hydroxylation is 3. The number of benzene rings is 2. The van der Waals surface area contributed by atoms with Crippen molar-refractivity contribution >= 4 is 11.4 Å². The van der Waals surface area contributed by atoms with E-state index in [9.17, 15) is 0 Å². The van der Waals surface area contributed by atoms with Gasteiger partial charge in [-0.1, -0.05) is 23.8 Å². The monoisotopic (exact) mass is 251 g/mol. The minimum atomic E-state index is 1.24. The average Bonchev–Trinajstić information content (AvgIpc) is 2.47. The zero-order chi connectivity index (χ0) is 13.2. The van der Waals surface area contributed by atoms with Crippen molar-refractivity contribution in [1.82, 2.24) is 0 Å². The maximum Gasteiger partial charge on any atom is 0.0411 e. The Kier molecular flexibility index (Phi) is 3.29. The Balaban J connectivity index is 1.91. The topological polar surface area (TPSA) is 3.24 Å². The molecule has 1 heteroatoms. The lowest BCUT2D eigenvalue weighted by Gasteiger charge is -2.23. The van der Waals surface area contributed by atoms with Gasteiger partial charge in [0.05, 0.1) is 0 Å². The zero-order valence-electron chi connectivity index (χ0n) is 11.8. The molecule has 1 aliphatic carbocycles. The summed E-state index contributed by atoms with van der Waals surface area (Å²) in [5, 5.41) is 0. The Morgan fingerprint density at radius 1 is 0.789 bits per heavy atom. The molecular formula is C18H21N. The van der Waals surface area contributed by atoms with Crippen molar-refractivity contribution in [2.24, 2.45) is 0 Å². The molecule has 0 fully saturated rings. The molecule has 0 bridgehead atoms. The SMILES string of the molecule is Cc1ccc(N(C)c2ccc3c(c2)CCCC3)cc1. The highest BCUT2D eigenvalue weighted by Gasteiger charge is 2.11. The third-order valence-corrected chi connectivity index (χ3v) is 4.14. The standard InChI is InChI=1S/C18H21N/c1-14-7-10-17(11-8-14)19(2)18-12-9-15-5-3-4-6-16(15)13-18/h7-13H,3-6H2,1-2H3. The lowest BCUT2D eigenvalue weighted by Crippen LogP contribution is -2.11. The summed E-state index contributed by atoms with van der Waals surface area (Å²) in [4.78, 5) is 2.27. The van der Waals surface area contributed by atoms with Crippen LogP contribution in [-0.4, -0.2) is 7.05 Å². The summed E-state index contributed by atoms with van der Waals surface area (Å²) in [6.07, 6.45) is 5.18. The normalized spacial score (nSPS) is 14.0. The van der Waals surface area contributed by atoms with Gasteiger partial charge in [-0.3, -0.25) is 0 Å². The summed E-state index contributed by atoms with van der Waals surface area (Å²) < 4.78 is 0. The minimum absolute atomic E-state index is 1.24. The maximum absolute atomic E-state index is 2.37. The molecule has 0 saturated heterocycles. The Morgan fingerprint density at radius 2 is 1.42 bits per heavy atom. The molecule has 0 unspecified atom stereocenters. The van der Waals surface area contributed by atoms with Gasteiger partial charge in [0.2, 0.25) is 0 Å². The molecule has 2 aromatic rings. The van der Waals surface area contributed by atoms with Crippen molar-refractivity contribution in [2.45, 2.75) is 32.6 Å². The smallest absolute Gasteiger partial charge is 0.0411 e. The van der Waals surface area contributed by atoms with E-state index in [0.29, 0.717) is 0 Å². The average molecular weight is 251 g/mol. The molecule has 3 rings (SSSR count). The van der Waals surface area contributed by atoms with E-state index in [-0.39, 0.29) is 0 Å². The summed E-state index contributed by atoms with van der Waals surface area (Å²) >= 11 is 0. The molecule has 0 heterocycles. The van der Waals surface area contributed by atoms with Crippen LogP contribution in [0, 0.1) is 6.92 Å². The molecule has 0 spiro atoms. The van der Waals surface area contributed by atoms with Crippen LogP contribution in [0.5, 0.6) is 0 Å². The van der Waals surface area contributed by atoms with Crippen molar-refractivity contribution in [3.8, 4) is 0 Å². The highest BCUT2D eigenvalue weighted by molar-refractivity contribution is 5.64. The number of hydrogen-bond acceptors (Lipinski definition) is 1. The molecule has 0 aromatic heterocycles. The predicted molar refractivity (Wildman–Crippen MR) is 82.3 cm³/mol. The van der Waals surface area contributed by atoms with Crippen LogP contribution in [0.1, 0.15) is 29.5 Å². The van der Waals surface area contributed by atoms with Crippen LogP contribution in [0.3, 0.4) is 0 Å². The van der Waals surface area contributed by atoms with Crippen molar-refractivity contribution in [3.05, 3.63) is 59.2 Å². The zero-order valence-corrected chi connectivity index (χ0v) is 11.8. The number of anilines is 2. The lowest BCUT2D eigenvalue weighted by atomic mass is 9.91. The number of fused-ring (bicyclic) bond motifs is 1. The molecule has 0 N–H and O–H groups in total. The van der Waals surface area contributed by atoms with Crippen molar-refractivity contribution in [1.29, 1.82) is 0 Å². The van der Waals surface area contributed by atoms with E-state index < -0.39 is 0 Å². The number of nitrogens with zero attached hydrogens (tertiary/aromatic N) is 1. The Morgan fingerprint density at radius 3 is 2.16 bits per heavy atom. The molecule has 98 valence electrons. The van der Waals surface area contributed by atoms with E-state index in [4.69, 9.17) is 0 Å². The molecule has 2 aromatic carbocycles. The number of rotatable bonds is 2. The van der Waals surface area contributed by atoms with Crippen LogP contribution >= 0.6 is 0 Å². The van der Waals surface area contributed by atoms with Crippen molar-refractivity contribution in [2.75, 3.05) is 11.9 Å². The van der Waals surface area contributed by atoms with Crippen LogP contribution < -0.4 is 4.90 Å². The molecule has 0 saturated carbocycles. The molecule has 1 nitrogen and oxygen atoms in total. The van der Waals surface area contributed by atoms with E-state index in [1.165, 1.54) is 42.6 Å². The fourth-order valence-corrected chi connectivity index (χ4v) is 2.85. The maximum atomic E-state index is 2.37. The first kappa shape index (κ1) is 12.3. The second-order valence-electron chi connectivity index (χ2n) is 5.55. The highest BCUT2D eigenvalue weighted by Crippen LogP contribution is 2.29. The molecule has 0 radical (unpaired) electrons. The summed E-state index contributed by atoms with van der Waals surface area (Å²) in [5.74, 6) is 0. The van der Waals surface area contributed by atoms with Crippen LogP contribution in [0.15, 0.2) is 42.5 Å². The second-order valence-corrected chi connectivity index (χ2v) is 5.55. The second kappa shape index (κ2) is 5.08. The van der Waals surface area contributed by atoms with E-state index >= 15 is 0 Å². The van der Waals surface area contributed by atoms with Gasteiger partial charge in [0.1, 0.15) is 0 Å². The third kappa shape index (κ3) is 2.51. The largest absolute Gasteiger partial charge is 0.345 e.